The van der Waals surface area contributed by atoms with Crippen molar-refractivity contribution >= 4 is 55.5 Å². The van der Waals surface area contributed by atoms with Gasteiger partial charge in [-0.25, -0.2) is 14.3 Å². The van der Waals surface area contributed by atoms with Crippen molar-refractivity contribution < 1.29 is 9.00 Å². The van der Waals surface area contributed by atoms with Crippen LogP contribution in [0.1, 0.15) is 18.5 Å². The van der Waals surface area contributed by atoms with Gasteiger partial charge in [0.25, 0.3) is 0 Å². The van der Waals surface area contributed by atoms with Crippen molar-refractivity contribution in [3.8, 4) is 0 Å². The van der Waals surface area contributed by atoms with Crippen LogP contribution < -0.4 is 14.9 Å². The minimum atomic E-state index is -1.51. The van der Waals surface area contributed by atoms with E-state index in [9.17, 15) is 9.00 Å². The van der Waals surface area contributed by atoms with Gasteiger partial charge in [-0.05, 0) is 44.0 Å². The molecule has 0 radical (unpaired) electrons. The number of hydrogen-bond donors (Lipinski definition) is 1. The highest BCUT2D eigenvalue weighted by molar-refractivity contribution is 9.10. The monoisotopic (exact) mass is 456 g/mol. The molecule has 1 fully saturated rings. The Labute approximate surface area is 168 Å². The predicted octanol–water partition coefficient (Wildman–Crippen LogP) is 3.07. The molecule has 1 aliphatic carbocycles. The first-order valence-electron chi connectivity index (χ1n) is 8.16. The Morgan fingerprint density at radius 2 is 2.00 bits per heavy atom. The molecule has 1 saturated carbocycles. The highest BCUT2D eigenvalue weighted by atomic mass is 79.9. The van der Waals surface area contributed by atoms with Gasteiger partial charge in [0.05, 0.1) is 5.69 Å². The van der Waals surface area contributed by atoms with Gasteiger partial charge < -0.3 is 9.80 Å². The van der Waals surface area contributed by atoms with E-state index in [0.717, 1.165) is 41.1 Å². The topological polar surface area (TPSA) is 79.5 Å². The Hall–Kier alpha value is -1.29. The molecule has 9 heteroatoms. The summed E-state index contributed by atoms with van der Waals surface area (Å²) in [6, 6.07) is 7.74. The quantitative estimate of drug-likeness (QED) is 0.618. The van der Waals surface area contributed by atoms with Crippen LogP contribution in [0, 0.1) is 12.3 Å². The van der Waals surface area contributed by atoms with Gasteiger partial charge in [-0.1, -0.05) is 27.3 Å². The minimum absolute atomic E-state index is 0.0599. The zero-order chi connectivity index (χ0) is 18.9. The summed E-state index contributed by atoms with van der Waals surface area (Å²) in [5.74, 6) is 0. The lowest BCUT2D eigenvalue weighted by Crippen LogP contribution is -2.36. The Morgan fingerprint density at radius 3 is 2.50 bits per heavy atom. The number of benzene rings is 1. The maximum Gasteiger partial charge on any atom is 0.214 e. The number of halogens is 1. The summed E-state index contributed by atoms with van der Waals surface area (Å²) in [6.07, 6.45) is 3.03. The van der Waals surface area contributed by atoms with E-state index in [1.165, 1.54) is 11.3 Å². The van der Waals surface area contributed by atoms with Crippen LogP contribution >= 0.6 is 27.3 Å². The van der Waals surface area contributed by atoms with Gasteiger partial charge in [0, 0.05) is 35.7 Å². The van der Waals surface area contributed by atoms with Crippen LogP contribution in [0.3, 0.4) is 0 Å². The number of carbonyl (C=O) groups excluding carboxylic acids is 1. The molecule has 1 atom stereocenters. The third-order valence-corrected chi connectivity index (χ3v) is 7.57. The highest BCUT2D eigenvalue weighted by Gasteiger charge is 2.45. The zero-order valence-electron chi connectivity index (χ0n) is 14.6. The molecule has 1 unspecified atom stereocenters. The molecule has 1 aliphatic rings. The molecule has 3 rings (SSSR count). The van der Waals surface area contributed by atoms with Crippen molar-refractivity contribution in [1.82, 2.24) is 4.98 Å². The van der Waals surface area contributed by atoms with Gasteiger partial charge in [-0.3, -0.25) is 4.79 Å². The molecule has 0 bridgehead atoms. The Bertz CT molecular complexity index is 821. The third-order valence-electron chi connectivity index (χ3n) is 4.57. The van der Waals surface area contributed by atoms with E-state index in [-0.39, 0.29) is 5.41 Å². The van der Waals surface area contributed by atoms with Crippen molar-refractivity contribution in [2.75, 3.05) is 29.9 Å². The first-order chi connectivity index (χ1) is 12.3. The number of nitrogens with two attached hydrogens (primary N) is 1. The summed E-state index contributed by atoms with van der Waals surface area (Å²) in [5, 5.41) is 6.31. The number of hydrogen-bond acceptors (Lipinski definition) is 5. The molecule has 0 aliphatic heterocycles. The van der Waals surface area contributed by atoms with Crippen LogP contribution in [0.25, 0.3) is 0 Å². The largest absolute Gasteiger partial charge is 0.350 e. The standard InChI is InChI=1S/C17H21BrN4O2S2/c1-12-15(26(19)24)25-16(20-12)21(2)9-17(7-8-17)10-22(11-23)14-5-3-13(18)4-6-14/h3-6,11H,7-10,19H2,1-2H3. The maximum atomic E-state index is 11.6. The molecule has 26 heavy (non-hydrogen) atoms. The minimum Gasteiger partial charge on any atom is -0.350 e. The van der Waals surface area contributed by atoms with Crippen molar-refractivity contribution in [1.29, 1.82) is 0 Å². The summed E-state index contributed by atoms with van der Waals surface area (Å²) in [4.78, 5) is 20.0. The van der Waals surface area contributed by atoms with E-state index in [4.69, 9.17) is 5.14 Å². The van der Waals surface area contributed by atoms with Gasteiger partial charge >= 0.3 is 0 Å². The molecular weight excluding hydrogens is 436 g/mol. The molecule has 1 aromatic heterocycles. The lowest BCUT2D eigenvalue weighted by Gasteiger charge is -2.28. The third kappa shape index (κ3) is 4.33. The first-order valence-corrected chi connectivity index (χ1v) is 11.0. The lowest BCUT2D eigenvalue weighted by atomic mass is 10.1. The molecule has 6 nitrogen and oxygen atoms in total. The molecule has 0 saturated heterocycles. The van der Waals surface area contributed by atoms with Crippen LogP contribution in [0.15, 0.2) is 32.9 Å². The average Bonchev–Trinajstić information content (AvgIpc) is 3.23. The van der Waals surface area contributed by atoms with Crippen molar-refractivity contribution in [3.05, 3.63) is 34.4 Å². The van der Waals surface area contributed by atoms with E-state index < -0.39 is 11.0 Å². The molecular formula is C17H21BrN4O2S2. The molecule has 2 N–H and O–H groups in total. The summed E-state index contributed by atoms with van der Waals surface area (Å²) < 4.78 is 13.2. The number of amides is 1. The van der Waals surface area contributed by atoms with Crippen LogP contribution in [-0.4, -0.2) is 35.7 Å². The number of anilines is 2. The fourth-order valence-electron chi connectivity index (χ4n) is 3.02. The van der Waals surface area contributed by atoms with Crippen molar-refractivity contribution in [3.63, 3.8) is 0 Å². The average molecular weight is 457 g/mol. The van der Waals surface area contributed by atoms with Crippen molar-refractivity contribution in [2.24, 2.45) is 10.6 Å². The van der Waals surface area contributed by atoms with Gasteiger partial charge in [0.2, 0.25) is 6.41 Å². The second kappa shape index (κ2) is 7.75. The summed E-state index contributed by atoms with van der Waals surface area (Å²) in [7, 11) is 0.468. The Kier molecular flexibility index (Phi) is 5.81. The smallest absolute Gasteiger partial charge is 0.214 e. The molecule has 1 aromatic carbocycles. The van der Waals surface area contributed by atoms with Gasteiger partial charge in [0.1, 0.15) is 15.2 Å². The van der Waals surface area contributed by atoms with Crippen LogP contribution in [0.5, 0.6) is 0 Å². The van der Waals surface area contributed by atoms with Gasteiger partial charge in [-0.15, -0.1) is 0 Å². The number of aryl methyl sites for hydroxylation is 1. The maximum absolute atomic E-state index is 11.6. The number of thiazole rings is 1. The van der Waals surface area contributed by atoms with Crippen LogP contribution in [0.4, 0.5) is 10.8 Å². The number of aromatic nitrogens is 1. The summed E-state index contributed by atoms with van der Waals surface area (Å²) in [5.41, 5.74) is 1.67. The zero-order valence-corrected chi connectivity index (χ0v) is 17.9. The van der Waals surface area contributed by atoms with E-state index in [1.807, 2.05) is 38.2 Å². The predicted molar refractivity (Wildman–Crippen MR) is 110 cm³/mol. The van der Waals surface area contributed by atoms with Gasteiger partial charge in [-0.2, -0.15) is 0 Å². The Balaban J connectivity index is 1.70. The molecule has 2 aromatic rings. The second-order valence-electron chi connectivity index (χ2n) is 6.73. The van der Waals surface area contributed by atoms with Crippen LogP contribution in [0.2, 0.25) is 0 Å². The number of nitrogens with zero attached hydrogens (tertiary/aromatic N) is 3. The van der Waals surface area contributed by atoms with Gasteiger partial charge in [0.15, 0.2) is 5.13 Å². The second-order valence-corrected chi connectivity index (χ2v) is 9.89. The van der Waals surface area contributed by atoms with E-state index in [2.05, 4.69) is 25.8 Å². The van der Waals surface area contributed by atoms with E-state index in [1.54, 1.807) is 4.90 Å². The molecule has 1 amide bonds. The molecule has 140 valence electrons. The number of rotatable bonds is 8. The normalized spacial score (nSPS) is 16.2. The highest BCUT2D eigenvalue weighted by Crippen LogP contribution is 2.48. The fourth-order valence-corrected chi connectivity index (χ4v) is 4.93. The fraction of sp³-hybridized carbons (Fsp3) is 0.412. The molecule has 1 heterocycles. The summed E-state index contributed by atoms with van der Waals surface area (Å²) in [6.45, 7) is 3.28. The van der Waals surface area contributed by atoms with Crippen molar-refractivity contribution in [2.45, 2.75) is 24.0 Å². The van der Waals surface area contributed by atoms with Crippen LogP contribution in [-0.2, 0) is 15.8 Å². The lowest BCUT2D eigenvalue weighted by molar-refractivity contribution is -0.107. The Morgan fingerprint density at radius 1 is 1.35 bits per heavy atom. The van der Waals surface area contributed by atoms with E-state index in [0.29, 0.717) is 16.4 Å². The summed E-state index contributed by atoms with van der Waals surface area (Å²) >= 11 is 4.78. The SMILES string of the molecule is Cc1nc(N(C)CC2(CN(C=O)c3ccc(Br)cc3)CC2)sc1S(N)=O. The number of carbonyl (C=O) groups is 1. The molecule has 0 spiro atoms. The van der Waals surface area contributed by atoms with E-state index >= 15 is 0 Å². The first kappa shape index (κ1) is 19.5.